The zero-order valence-electron chi connectivity index (χ0n) is 17.6. The van der Waals surface area contributed by atoms with Gasteiger partial charge in [0, 0.05) is 5.69 Å². The molecule has 9 heteroatoms. The van der Waals surface area contributed by atoms with Crippen LogP contribution in [0.2, 0.25) is 5.02 Å². The van der Waals surface area contributed by atoms with Gasteiger partial charge in [-0.15, -0.1) is 0 Å². The Morgan fingerprint density at radius 2 is 1.72 bits per heavy atom. The number of methoxy groups -OCH3 is 1. The number of carbonyl (C=O) groups is 1. The number of amides is 1. The number of hydrogen-bond donors (Lipinski definition) is 1. The average molecular weight is 475 g/mol. The molecule has 0 saturated heterocycles. The zero-order chi connectivity index (χ0) is 23.1. The highest BCUT2D eigenvalue weighted by Gasteiger charge is 2.27. The molecule has 0 aliphatic heterocycles. The molecule has 168 valence electrons. The molecule has 1 N–H and O–H groups in total. The predicted molar refractivity (Wildman–Crippen MR) is 125 cm³/mol. The van der Waals surface area contributed by atoms with Gasteiger partial charge in [-0.25, -0.2) is 8.42 Å². The number of carbonyl (C=O) groups excluding carboxylic acids is 1. The third-order valence-electron chi connectivity index (χ3n) is 4.49. The molecule has 0 saturated carbocycles. The Kier molecular flexibility index (Phi) is 7.61. The summed E-state index contributed by atoms with van der Waals surface area (Å²) in [6.07, 6.45) is 0. The van der Waals surface area contributed by atoms with Crippen molar-refractivity contribution in [1.82, 2.24) is 0 Å². The summed E-state index contributed by atoms with van der Waals surface area (Å²) in [6.45, 7) is 1.91. The van der Waals surface area contributed by atoms with E-state index in [0.29, 0.717) is 34.5 Å². The third kappa shape index (κ3) is 5.52. The summed E-state index contributed by atoms with van der Waals surface area (Å²) in [5.74, 6) is 0.539. The standard InChI is InChI=1S/C23H23ClN2O5S/c1-3-31-19-12-10-18(11-13-19)26(32(28,29)20-7-5-4-6-8-20)16-23(27)25-17-9-14-22(30-2)21(24)15-17/h4-15H,3,16H2,1-2H3,(H,25,27). The number of sulfonamides is 1. The first-order chi connectivity index (χ1) is 15.3. The first-order valence-electron chi connectivity index (χ1n) is 9.79. The topological polar surface area (TPSA) is 84.9 Å². The van der Waals surface area contributed by atoms with Gasteiger partial charge in [0.25, 0.3) is 10.0 Å². The van der Waals surface area contributed by atoms with Crippen molar-refractivity contribution in [2.75, 3.05) is 29.9 Å². The van der Waals surface area contributed by atoms with Gasteiger partial charge in [0.15, 0.2) is 0 Å². The Morgan fingerprint density at radius 1 is 1.03 bits per heavy atom. The quantitative estimate of drug-likeness (QED) is 0.490. The molecule has 7 nitrogen and oxygen atoms in total. The SMILES string of the molecule is CCOc1ccc(N(CC(=O)Nc2ccc(OC)c(Cl)c2)S(=O)(=O)c2ccccc2)cc1. The van der Waals surface area contributed by atoms with Crippen LogP contribution < -0.4 is 19.1 Å². The largest absolute Gasteiger partial charge is 0.495 e. The van der Waals surface area contributed by atoms with E-state index >= 15 is 0 Å². The van der Waals surface area contributed by atoms with Crippen LogP contribution in [0.3, 0.4) is 0 Å². The second kappa shape index (κ2) is 10.4. The van der Waals surface area contributed by atoms with Crippen LogP contribution in [0.1, 0.15) is 6.92 Å². The minimum Gasteiger partial charge on any atom is -0.495 e. The Labute approximate surface area is 192 Å². The lowest BCUT2D eigenvalue weighted by Crippen LogP contribution is -2.38. The van der Waals surface area contributed by atoms with Crippen molar-refractivity contribution in [3.8, 4) is 11.5 Å². The maximum Gasteiger partial charge on any atom is 0.264 e. The van der Waals surface area contributed by atoms with Crippen molar-refractivity contribution in [3.63, 3.8) is 0 Å². The van der Waals surface area contributed by atoms with Crippen LogP contribution in [-0.2, 0) is 14.8 Å². The summed E-state index contributed by atoms with van der Waals surface area (Å²) < 4.78 is 38.3. The Morgan fingerprint density at radius 3 is 2.31 bits per heavy atom. The van der Waals surface area contributed by atoms with Gasteiger partial charge in [0.05, 0.1) is 29.3 Å². The molecule has 0 bridgehead atoms. The van der Waals surface area contributed by atoms with Crippen molar-refractivity contribution in [2.45, 2.75) is 11.8 Å². The van der Waals surface area contributed by atoms with Crippen molar-refractivity contribution in [3.05, 3.63) is 77.8 Å². The second-order valence-electron chi connectivity index (χ2n) is 6.65. The van der Waals surface area contributed by atoms with Gasteiger partial charge in [-0.3, -0.25) is 9.10 Å². The maximum absolute atomic E-state index is 13.3. The van der Waals surface area contributed by atoms with E-state index in [1.807, 2.05) is 6.92 Å². The number of ether oxygens (including phenoxy) is 2. The Balaban J connectivity index is 1.90. The van der Waals surface area contributed by atoms with E-state index < -0.39 is 22.5 Å². The fourth-order valence-corrected chi connectivity index (χ4v) is 4.68. The number of benzene rings is 3. The second-order valence-corrected chi connectivity index (χ2v) is 8.92. The normalized spacial score (nSPS) is 11.0. The highest BCUT2D eigenvalue weighted by atomic mass is 35.5. The van der Waals surface area contributed by atoms with E-state index in [2.05, 4.69) is 5.32 Å². The fourth-order valence-electron chi connectivity index (χ4n) is 2.99. The van der Waals surface area contributed by atoms with Crippen molar-refractivity contribution in [1.29, 1.82) is 0 Å². The highest BCUT2D eigenvalue weighted by Crippen LogP contribution is 2.28. The number of halogens is 1. The van der Waals surface area contributed by atoms with Crippen molar-refractivity contribution < 1.29 is 22.7 Å². The van der Waals surface area contributed by atoms with Crippen molar-refractivity contribution >= 4 is 38.9 Å². The lowest BCUT2D eigenvalue weighted by atomic mass is 10.3. The first-order valence-corrected chi connectivity index (χ1v) is 11.6. The lowest BCUT2D eigenvalue weighted by molar-refractivity contribution is -0.114. The Hall–Kier alpha value is -3.23. The van der Waals surface area contributed by atoms with Gasteiger partial charge in [-0.1, -0.05) is 29.8 Å². The van der Waals surface area contributed by atoms with E-state index in [9.17, 15) is 13.2 Å². The molecule has 1 amide bonds. The molecule has 0 aliphatic rings. The van der Waals surface area contributed by atoms with Crippen LogP contribution in [0.4, 0.5) is 11.4 Å². The zero-order valence-corrected chi connectivity index (χ0v) is 19.2. The summed E-state index contributed by atoms with van der Waals surface area (Å²) in [7, 11) is -2.51. The minimum atomic E-state index is -4.00. The van der Waals surface area contributed by atoms with Crippen LogP contribution in [0.5, 0.6) is 11.5 Å². The molecule has 3 aromatic carbocycles. The molecule has 0 aliphatic carbocycles. The summed E-state index contributed by atoms with van der Waals surface area (Å²) in [5, 5.41) is 3.00. The van der Waals surface area contributed by atoms with Crippen LogP contribution in [0.25, 0.3) is 0 Å². The van der Waals surface area contributed by atoms with Crippen molar-refractivity contribution in [2.24, 2.45) is 0 Å². The van der Waals surface area contributed by atoms with Gasteiger partial charge in [-0.05, 0) is 61.5 Å². The van der Waals surface area contributed by atoms with Crippen LogP contribution in [0, 0.1) is 0 Å². The van der Waals surface area contributed by atoms with E-state index in [1.54, 1.807) is 54.6 Å². The molecule has 0 fully saturated rings. The summed E-state index contributed by atoms with van der Waals surface area (Å²) >= 11 is 6.11. The van der Waals surface area contributed by atoms with E-state index in [4.69, 9.17) is 21.1 Å². The van der Waals surface area contributed by atoms with Crippen LogP contribution in [-0.4, -0.2) is 34.6 Å². The first kappa shape index (κ1) is 23.4. The molecular formula is C23H23ClN2O5S. The predicted octanol–water partition coefficient (Wildman–Crippen LogP) is 4.58. The van der Waals surface area contributed by atoms with Gasteiger partial charge in [0.1, 0.15) is 18.0 Å². The van der Waals surface area contributed by atoms with E-state index in [0.717, 1.165) is 4.31 Å². The minimum absolute atomic E-state index is 0.0779. The average Bonchev–Trinajstić information content (AvgIpc) is 2.79. The monoisotopic (exact) mass is 474 g/mol. The summed E-state index contributed by atoms with van der Waals surface area (Å²) in [5.41, 5.74) is 0.754. The molecular weight excluding hydrogens is 452 g/mol. The number of hydrogen-bond acceptors (Lipinski definition) is 5. The molecule has 32 heavy (non-hydrogen) atoms. The summed E-state index contributed by atoms with van der Waals surface area (Å²) in [4.78, 5) is 12.9. The van der Waals surface area contributed by atoms with Gasteiger partial charge in [0.2, 0.25) is 5.91 Å². The number of nitrogens with one attached hydrogen (secondary N) is 1. The molecule has 0 radical (unpaired) electrons. The highest BCUT2D eigenvalue weighted by molar-refractivity contribution is 7.92. The fraction of sp³-hybridized carbons (Fsp3) is 0.174. The lowest BCUT2D eigenvalue weighted by Gasteiger charge is -2.24. The van der Waals surface area contributed by atoms with E-state index in [1.165, 1.54) is 25.3 Å². The number of rotatable bonds is 9. The van der Waals surface area contributed by atoms with Gasteiger partial charge < -0.3 is 14.8 Å². The molecule has 0 aromatic heterocycles. The maximum atomic E-state index is 13.3. The molecule has 0 unspecified atom stereocenters. The molecule has 0 heterocycles. The Bertz CT molecular complexity index is 1170. The van der Waals surface area contributed by atoms with Gasteiger partial charge in [-0.2, -0.15) is 0 Å². The number of nitrogens with zero attached hydrogens (tertiary/aromatic N) is 1. The molecule has 3 aromatic rings. The molecule has 0 spiro atoms. The van der Waals surface area contributed by atoms with Crippen LogP contribution in [0.15, 0.2) is 77.7 Å². The van der Waals surface area contributed by atoms with E-state index in [-0.39, 0.29) is 4.90 Å². The van der Waals surface area contributed by atoms with Gasteiger partial charge >= 0.3 is 0 Å². The third-order valence-corrected chi connectivity index (χ3v) is 6.57. The number of anilines is 2. The smallest absolute Gasteiger partial charge is 0.264 e. The van der Waals surface area contributed by atoms with Crippen LogP contribution >= 0.6 is 11.6 Å². The molecule has 3 rings (SSSR count). The summed E-state index contributed by atoms with van der Waals surface area (Å²) in [6, 6.07) is 19.2. The molecule has 0 atom stereocenters.